The van der Waals surface area contributed by atoms with Gasteiger partial charge in [-0.3, -0.25) is 19.6 Å². The van der Waals surface area contributed by atoms with Gasteiger partial charge in [-0.1, -0.05) is 18.7 Å². The quantitative estimate of drug-likeness (QED) is 0.658. The summed E-state index contributed by atoms with van der Waals surface area (Å²) < 4.78 is 14.2. The minimum Gasteiger partial charge on any atom is -0.348 e. The lowest BCUT2D eigenvalue weighted by molar-refractivity contribution is -0.116. The molecule has 0 aliphatic rings. The first kappa shape index (κ1) is 18.2. The first-order chi connectivity index (χ1) is 13.1. The van der Waals surface area contributed by atoms with Crippen molar-refractivity contribution in [2.24, 2.45) is 0 Å². The van der Waals surface area contributed by atoms with E-state index >= 15 is 0 Å². The maximum absolute atomic E-state index is 14.2. The third-order valence-electron chi connectivity index (χ3n) is 3.94. The Bertz CT molecular complexity index is 1020. The highest BCUT2D eigenvalue weighted by Crippen LogP contribution is 2.13. The van der Waals surface area contributed by atoms with Crippen molar-refractivity contribution in [3.05, 3.63) is 84.0 Å². The molecular formula is C20H17FN4O2. The van der Waals surface area contributed by atoms with Gasteiger partial charge in [0.15, 0.2) is 0 Å². The largest absolute Gasteiger partial charge is 0.348 e. The maximum Gasteiger partial charge on any atom is 0.251 e. The lowest BCUT2D eigenvalue weighted by atomic mass is 10.1. The zero-order valence-electron chi connectivity index (χ0n) is 14.4. The minimum atomic E-state index is -0.454. The highest BCUT2D eigenvalue weighted by molar-refractivity contribution is 5.97. The number of nitrogens with zero attached hydrogens (tertiary/aromatic N) is 2. The second kappa shape index (κ2) is 8.18. The van der Waals surface area contributed by atoms with Crippen LogP contribution in [0.3, 0.4) is 0 Å². The van der Waals surface area contributed by atoms with Crippen LogP contribution in [0, 0.1) is 5.82 Å². The van der Waals surface area contributed by atoms with Gasteiger partial charge in [0.1, 0.15) is 5.82 Å². The molecule has 1 heterocycles. The Morgan fingerprint density at radius 3 is 2.52 bits per heavy atom. The van der Waals surface area contributed by atoms with Crippen molar-refractivity contribution in [1.82, 2.24) is 20.6 Å². The summed E-state index contributed by atoms with van der Waals surface area (Å²) in [4.78, 5) is 31.8. The number of rotatable bonds is 6. The van der Waals surface area contributed by atoms with Gasteiger partial charge in [-0.2, -0.15) is 0 Å². The van der Waals surface area contributed by atoms with Gasteiger partial charge >= 0.3 is 0 Å². The number of carbonyl (C=O) groups excluding carboxylic acids is 2. The van der Waals surface area contributed by atoms with Crippen molar-refractivity contribution >= 4 is 22.8 Å². The number of amides is 2. The predicted molar refractivity (Wildman–Crippen MR) is 99.2 cm³/mol. The molecule has 0 aliphatic carbocycles. The highest BCUT2D eigenvalue weighted by Gasteiger charge is 2.10. The standard InChI is InChI=1S/C20H17FN4O2/c1-2-19(26)24-11-13-3-4-15(16(21)9-13)12-25-20(27)14-5-6-17-18(10-14)23-8-7-22-17/h2-10H,1,11-12H2,(H,24,26)(H,25,27). The molecule has 2 amide bonds. The number of hydrogen-bond donors (Lipinski definition) is 2. The number of halogens is 1. The molecule has 0 aliphatic heterocycles. The lowest BCUT2D eigenvalue weighted by Gasteiger charge is -2.09. The van der Waals surface area contributed by atoms with Crippen molar-refractivity contribution in [3.8, 4) is 0 Å². The number of aromatic nitrogens is 2. The Balaban J connectivity index is 1.63. The number of benzene rings is 2. The molecular weight excluding hydrogens is 347 g/mol. The van der Waals surface area contributed by atoms with E-state index in [4.69, 9.17) is 0 Å². The Labute approximate surface area is 155 Å². The number of fused-ring (bicyclic) bond motifs is 1. The van der Waals surface area contributed by atoms with Crippen LogP contribution in [0.5, 0.6) is 0 Å². The van der Waals surface area contributed by atoms with Crippen LogP contribution in [0.4, 0.5) is 4.39 Å². The lowest BCUT2D eigenvalue weighted by Crippen LogP contribution is -2.23. The molecule has 6 nitrogen and oxygen atoms in total. The average Bonchev–Trinajstić information content (AvgIpc) is 2.70. The summed E-state index contributed by atoms with van der Waals surface area (Å²) in [5.41, 5.74) is 2.70. The van der Waals surface area contributed by atoms with E-state index in [0.717, 1.165) is 6.08 Å². The van der Waals surface area contributed by atoms with E-state index in [2.05, 4.69) is 27.2 Å². The molecule has 1 aromatic heterocycles. The Morgan fingerprint density at radius 1 is 1.00 bits per heavy atom. The molecule has 2 aromatic carbocycles. The fourth-order valence-electron chi connectivity index (χ4n) is 2.49. The van der Waals surface area contributed by atoms with E-state index in [9.17, 15) is 14.0 Å². The van der Waals surface area contributed by atoms with Crippen LogP contribution in [-0.4, -0.2) is 21.8 Å². The van der Waals surface area contributed by atoms with Crippen LogP contribution < -0.4 is 10.6 Å². The van der Waals surface area contributed by atoms with Crippen molar-refractivity contribution in [2.45, 2.75) is 13.1 Å². The van der Waals surface area contributed by atoms with Gasteiger partial charge in [-0.25, -0.2) is 4.39 Å². The summed E-state index contributed by atoms with van der Waals surface area (Å²) in [6, 6.07) is 9.60. The van der Waals surface area contributed by atoms with Gasteiger partial charge in [-0.15, -0.1) is 0 Å². The van der Waals surface area contributed by atoms with Gasteiger partial charge in [0, 0.05) is 36.6 Å². The van der Waals surface area contributed by atoms with Gasteiger partial charge in [0.05, 0.1) is 11.0 Å². The highest BCUT2D eigenvalue weighted by atomic mass is 19.1. The Morgan fingerprint density at radius 2 is 1.78 bits per heavy atom. The van der Waals surface area contributed by atoms with Gasteiger partial charge in [0.2, 0.25) is 5.91 Å². The fraction of sp³-hybridized carbons (Fsp3) is 0.100. The second-order valence-corrected chi connectivity index (χ2v) is 5.79. The second-order valence-electron chi connectivity index (χ2n) is 5.79. The maximum atomic E-state index is 14.2. The molecule has 0 radical (unpaired) electrons. The molecule has 3 rings (SSSR count). The van der Waals surface area contributed by atoms with E-state index in [1.54, 1.807) is 42.7 Å². The molecule has 27 heavy (non-hydrogen) atoms. The van der Waals surface area contributed by atoms with Crippen LogP contribution in [0.2, 0.25) is 0 Å². The van der Waals surface area contributed by atoms with Crippen molar-refractivity contribution in [3.63, 3.8) is 0 Å². The molecule has 0 spiro atoms. The molecule has 0 fully saturated rings. The summed E-state index contributed by atoms with van der Waals surface area (Å²) >= 11 is 0. The minimum absolute atomic E-state index is 0.0441. The van der Waals surface area contributed by atoms with E-state index in [1.807, 2.05) is 0 Å². The smallest absolute Gasteiger partial charge is 0.251 e. The van der Waals surface area contributed by atoms with Gasteiger partial charge in [-0.05, 0) is 35.9 Å². The summed E-state index contributed by atoms with van der Waals surface area (Å²) in [6.45, 7) is 3.60. The molecule has 3 aromatic rings. The number of hydrogen-bond acceptors (Lipinski definition) is 4. The van der Waals surface area contributed by atoms with Crippen LogP contribution >= 0.6 is 0 Å². The molecule has 0 saturated carbocycles. The van der Waals surface area contributed by atoms with Crippen LogP contribution in [0.15, 0.2) is 61.4 Å². The van der Waals surface area contributed by atoms with E-state index < -0.39 is 5.82 Å². The van der Waals surface area contributed by atoms with Crippen molar-refractivity contribution in [1.29, 1.82) is 0 Å². The fourth-order valence-corrected chi connectivity index (χ4v) is 2.49. The molecule has 0 unspecified atom stereocenters. The molecule has 0 bridgehead atoms. The molecule has 136 valence electrons. The van der Waals surface area contributed by atoms with Crippen LogP contribution in [-0.2, 0) is 17.9 Å². The summed E-state index contributed by atoms with van der Waals surface area (Å²) in [5, 5.41) is 5.27. The van der Waals surface area contributed by atoms with Crippen LogP contribution in [0.1, 0.15) is 21.5 Å². The Hall–Kier alpha value is -3.61. The third-order valence-corrected chi connectivity index (χ3v) is 3.94. The summed E-state index contributed by atoms with van der Waals surface area (Å²) in [7, 11) is 0. The molecule has 7 heteroatoms. The molecule has 0 atom stereocenters. The normalized spacial score (nSPS) is 10.4. The molecule has 2 N–H and O–H groups in total. The summed E-state index contributed by atoms with van der Waals surface area (Å²) in [6.07, 6.45) is 4.29. The monoisotopic (exact) mass is 364 g/mol. The zero-order valence-corrected chi connectivity index (χ0v) is 14.4. The Kier molecular flexibility index (Phi) is 5.51. The average molecular weight is 364 g/mol. The first-order valence-electron chi connectivity index (χ1n) is 8.23. The van der Waals surface area contributed by atoms with E-state index in [1.165, 1.54) is 6.07 Å². The zero-order chi connectivity index (χ0) is 19.2. The van der Waals surface area contributed by atoms with Gasteiger partial charge < -0.3 is 10.6 Å². The SMILES string of the molecule is C=CC(=O)NCc1ccc(CNC(=O)c2ccc3nccnc3c2)c(F)c1. The summed E-state index contributed by atoms with van der Waals surface area (Å²) in [5.74, 6) is -1.11. The first-order valence-corrected chi connectivity index (χ1v) is 8.23. The topological polar surface area (TPSA) is 84.0 Å². The van der Waals surface area contributed by atoms with Crippen molar-refractivity contribution in [2.75, 3.05) is 0 Å². The number of nitrogens with one attached hydrogen (secondary N) is 2. The third kappa shape index (κ3) is 4.52. The molecule has 0 saturated heterocycles. The van der Waals surface area contributed by atoms with E-state index in [-0.39, 0.29) is 24.9 Å². The van der Waals surface area contributed by atoms with Crippen LogP contribution in [0.25, 0.3) is 11.0 Å². The van der Waals surface area contributed by atoms with E-state index in [0.29, 0.717) is 27.7 Å². The van der Waals surface area contributed by atoms with Gasteiger partial charge in [0.25, 0.3) is 5.91 Å². The van der Waals surface area contributed by atoms with Crippen molar-refractivity contribution < 1.29 is 14.0 Å². The number of carbonyl (C=O) groups is 2. The predicted octanol–water partition coefficient (Wildman–Crippen LogP) is 2.50.